The van der Waals surface area contributed by atoms with E-state index in [0.717, 1.165) is 0 Å². The van der Waals surface area contributed by atoms with Gasteiger partial charge in [-0.3, -0.25) is 0 Å². The lowest BCUT2D eigenvalue weighted by molar-refractivity contribution is -0.140. The van der Waals surface area contributed by atoms with Gasteiger partial charge in [0.15, 0.2) is 6.04 Å². The number of alkyl halides is 3. The number of amides is 2. The van der Waals surface area contributed by atoms with E-state index in [0.29, 0.717) is 0 Å². The number of urea groups is 1. The van der Waals surface area contributed by atoms with Gasteiger partial charge in [0.1, 0.15) is 0 Å². The number of carboxylic acid groups (broad SMARTS) is 1. The van der Waals surface area contributed by atoms with Crippen LogP contribution in [-0.4, -0.2) is 47.6 Å². The lowest BCUT2D eigenvalue weighted by Crippen LogP contribution is -2.48. The molecular formula is C9H15F3N2O4. The second kappa shape index (κ2) is 7.75. The van der Waals surface area contributed by atoms with Gasteiger partial charge in [-0.1, -0.05) is 0 Å². The average molecular weight is 272 g/mol. The minimum absolute atomic E-state index is 0.000317. The highest BCUT2D eigenvalue weighted by Gasteiger charge is 2.25. The van der Waals surface area contributed by atoms with Crippen molar-refractivity contribution >= 4 is 12.0 Å². The monoisotopic (exact) mass is 272 g/mol. The number of aliphatic hydroxyl groups excluding tert-OH is 1. The number of unbranched alkanes of at least 4 members (excludes halogenated alkanes) is 1. The summed E-state index contributed by atoms with van der Waals surface area (Å²) in [5.74, 6) is -1.40. The van der Waals surface area contributed by atoms with E-state index in [-0.39, 0.29) is 19.4 Å². The molecular weight excluding hydrogens is 257 g/mol. The van der Waals surface area contributed by atoms with Crippen LogP contribution in [0.2, 0.25) is 0 Å². The second-order valence-corrected chi connectivity index (χ2v) is 3.55. The molecule has 0 aliphatic heterocycles. The van der Waals surface area contributed by atoms with Crippen molar-refractivity contribution in [2.75, 3.05) is 13.2 Å². The summed E-state index contributed by atoms with van der Waals surface area (Å²) in [5, 5.41) is 21.2. The van der Waals surface area contributed by atoms with Crippen molar-refractivity contribution < 1.29 is 33.0 Å². The third-order valence-electron chi connectivity index (χ3n) is 1.96. The standard InChI is InChI=1S/C9H15F3N2O4/c10-9(11,12)3-1-2-4-13-8(18)14-6(5-15)7(16)17/h6,15H,1-5H2,(H,16,17)(H2,13,14,18)/t6-/m0/s1. The first-order valence-electron chi connectivity index (χ1n) is 5.21. The van der Waals surface area contributed by atoms with Crippen LogP contribution in [-0.2, 0) is 4.79 Å². The highest BCUT2D eigenvalue weighted by atomic mass is 19.4. The zero-order chi connectivity index (χ0) is 14.2. The summed E-state index contributed by atoms with van der Waals surface area (Å²) in [6, 6.07) is -2.27. The van der Waals surface area contributed by atoms with Crippen molar-refractivity contribution in [3.63, 3.8) is 0 Å². The first-order chi connectivity index (χ1) is 8.26. The maximum Gasteiger partial charge on any atom is 0.389 e. The highest BCUT2D eigenvalue weighted by molar-refractivity contribution is 5.82. The molecule has 18 heavy (non-hydrogen) atoms. The number of aliphatic carboxylic acids is 1. The molecule has 106 valence electrons. The summed E-state index contributed by atoms with van der Waals surface area (Å²) in [6.45, 7) is -0.767. The zero-order valence-corrected chi connectivity index (χ0v) is 9.46. The third kappa shape index (κ3) is 8.62. The van der Waals surface area contributed by atoms with Gasteiger partial charge in [-0.15, -0.1) is 0 Å². The molecule has 0 radical (unpaired) electrons. The molecule has 0 spiro atoms. The maximum absolute atomic E-state index is 11.8. The van der Waals surface area contributed by atoms with E-state index >= 15 is 0 Å². The molecule has 1 atom stereocenters. The van der Waals surface area contributed by atoms with Crippen LogP contribution < -0.4 is 10.6 Å². The molecule has 0 fully saturated rings. The summed E-state index contributed by atoms with van der Waals surface area (Å²) in [5.41, 5.74) is 0. The predicted molar refractivity (Wildman–Crippen MR) is 55.0 cm³/mol. The van der Waals surface area contributed by atoms with E-state index in [1.165, 1.54) is 0 Å². The first kappa shape index (κ1) is 16.5. The van der Waals surface area contributed by atoms with Crippen LogP contribution in [0.3, 0.4) is 0 Å². The molecule has 0 unspecified atom stereocenters. The van der Waals surface area contributed by atoms with Crippen LogP contribution in [0.25, 0.3) is 0 Å². The Labute approximate surface area is 101 Å². The molecule has 2 amide bonds. The van der Waals surface area contributed by atoms with E-state index in [2.05, 4.69) is 5.32 Å². The number of carbonyl (C=O) groups is 2. The topological polar surface area (TPSA) is 98.7 Å². The smallest absolute Gasteiger partial charge is 0.389 e. The molecule has 0 saturated carbocycles. The van der Waals surface area contributed by atoms with Crippen LogP contribution in [0.15, 0.2) is 0 Å². The molecule has 4 N–H and O–H groups in total. The quantitative estimate of drug-likeness (QED) is 0.506. The zero-order valence-electron chi connectivity index (χ0n) is 9.46. The lowest BCUT2D eigenvalue weighted by atomic mass is 10.2. The van der Waals surface area contributed by atoms with Crippen LogP contribution in [0.4, 0.5) is 18.0 Å². The molecule has 0 aromatic rings. The average Bonchev–Trinajstić information content (AvgIpc) is 2.23. The van der Waals surface area contributed by atoms with Crippen molar-refractivity contribution in [1.29, 1.82) is 0 Å². The summed E-state index contributed by atoms with van der Waals surface area (Å²) < 4.78 is 35.3. The van der Waals surface area contributed by atoms with E-state index in [1.54, 1.807) is 0 Å². The maximum atomic E-state index is 11.8. The minimum Gasteiger partial charge on any atom is -0.480 e. The number of carboxylic acids is 1. The van der Waals surface area contributed by atoms with E-state index < -0.39 is 37.2 Å². The summed E-state index contributed by atoms with van der Waals surface area (Å²) in [6.07, 6.45) is -5.13. The van der Waals surface area contributed by atoms with Crippen molar-refractivity contribution in [3.05, 3.63) is 0 Å². The molecule has 0 aromatic carbocycles. The third-order valence-corrected chi connectivity index (χ3v) is 1.96. The minimum atomic E-state index is -4.21. The number of carbonyl (C=O) groups excluding carboxylic acids is 1. The molecule has 0 bridgehead atoms. The molecule has 0 aromatic heterocycles. The molecule has 0 aliphatic carbocycles. The van der Waals surface area contributed by atoms with Crippen LogP contribution >= 0.6 is 0 Å². The second-order valence-electron chi connectivity index (χ2n) is 3.55. The Balaban J connectivity index is 3.68. The van der Waals surface area contributed by atoms with Crippen molar-refractivity contribution in [2.24, 2.45) is 0 Å². The van der Waals surface area contributed by atoms with Gasteiger partial charge in [-0.05, 0) is 12.8 Å². The molecule has 0 heterocycles. The Kier molecular flexibility index (Phi) is 7.10. The summed E-state index contributed by atoms with van der Waals surface area (Å²) in [4.78, 5) is 21.5. The fraction of sp³-hybridized carbons (Fsp3) is 0.778. The van der Waals surface area contributed by atoms with Crippen LogP contribution in [0, 0.1) is 0 Å². The molecule has 9 heteroatoms. The summed E-state index contributed by atoms with van der Waals surface area (Å²) >= 11 is 0. The fourth-order valence-electron chi connectivity index (χ4n) is 1.05. The van der Waals surface area contributed by atoms with E-state index in [4.69, 9.17) is 10.2 Å². The Hall–Kier alpha value is -1.51. The van der Waals surface area contributed by atoms with Crippen LogP contribution in [0.1, 0.15) is 19.3 Å². The normalized spacial score (nSPS) is 12.9. The van der Waals surface area contributed by atoms with Crippen molar-refractivity contribution in [1.82, 2.24) is 10.6 Å². The van der Waals surface area contributed by atoms with E-state index in [9.17, 15) is 22.8 Å². The predicted octanol–water partition coefficient (Wildman–Crippen LogP) is 0.464. The van der Waals surface area contributed by atoms with Gasteiger partial charge in [0.05, 0.1) is 6.61 Å². The van der Waals surface area contributed by atoms with Gasteiger partial charge >= 0.3 is 18.2 Å². The van der Waals surface area contributed by atoms with Crippen molar-refractivity contribution in [3.8, 4) is 0 Å². The number of hydrogen-bond donors (Lipinski definition) is 4. The highest BCUT2D eigenvalue weighted by Crippen LogP contribution is 2.21. The SMILES string of the molecule is O=C(NCCCCC(F)(F)F)N[C@@H](CO)C(=O)O. The Morgan fingerprint density at radius 2 is 1.83 bits per heavy atom. The van der Waals surface area contributed by atoms with Gasteiger partial charge in [-0.25, -0.2) is 9.59 Å². The number of halogens is 3. The van der Waals surface area contributed by atoms with Gasteiger partial charge in [0, 0.05) is 13.0 Å². The van der Waals surface area contributed by atoms with Crippen LogP contribution in [0.5, 0.6) is 0 Å². The number of aliphatic hydroxyl groups is 1. The molecule has 0 rings (SSSR count). The van der Waals surface area contributed by atoms with Gasteiger partial charge in [0.2, 0.25) is 0 Å². The van der Waals surface area contributed by atoms with E-state index in [1.807, 2.05) is 5.32 Å². The fourth-order valence-corrected chi connectivity index (χ4v) is 1.05. The number of hydrogen-bond acceptors (Lipinski definition) is 3. The first-order valence-corrected chi connectivity index (χ1v) is 5.21. The molecule has 0 aliphatic rings. The van der Waals surface area contributed by atoms with Gasteiger partial charge < -0.3 is 20.8 Å². The Morgan fingerprint density at radius 1 is 1.22 bits per heavy atom. The molecule has 6 nitrogen and oxygen atoms in total. The number of nitrogens with one attached hydrogen (secondary N) is 2. The Bertz CT molecular complexity index is 283. The van der Waals surface area contributed by atoms with Crippen molar-refractivity contribution in [2.45, 2.75) is 31.5 Å². The molecule has 0 saturated heterocycles. The van der Waals surface area contributed by atoms with Gasteiger partial charge in [-0.2, -0.15) is 13.2 Å². The largest absolute Gasteiger partial charge is 0.480 e. The lowest BCUT2D eigenvalue weighted by Gasteiger charge is -2.12. The van der Waals surface area contributed by atoms with Gasteiger partial charge in [0.25, 0.3) is 0 Å². The Morgan fingerprint density at radius 3 is 2.28 bits per heavy atom. The summed E-state index contributed by atoms with van der Waals surface area (Å²) in [7, 11) is 0. The number of rotatable bonds is 7.